The lowest BCUT2D eigenvalue weighted by molar-refractivity contribution is -0.123. The smallest absolute Gasteiger partial charge is 0.228 e. The van der Waals surface area contributed by atoms with Gasteiger partial charge in [-0.15, -0.1) is 0 Å². The number of aromatic nitrogens is 1. The van der Waals surface area contributed by atoms with E-state index >= 15 is 0 Å². The Morgan fingerprint density at radius 2 is 1.86 bits per heavy atom. The molecule has 0 saturated heterocycles. The lowest BCUT2D eigenvalue weighted by Crippen LogP contribution is -2.32. The summed E-state index contributed by atoms with van der Waals surface area (Å²) in [6, 6.07) is 15.6. The fraction of sp³-hybridized carbons (Fsp3) is 0.333. The van der Waals surface area contributed by atoms with Crippen LogP contribution in [0.1, 0.15) is 49.9 Å². The summed E-state index contributed by atoms with van der Waals surface area (Å²) in [7, 11) is 0. The Balaban J connectivity index is 2.09. The van der Waals surface area contributed by atoms with Gasteiger partial charge in [0.15, 0.2) is 0 Å². The first-order valence-corrected chi connectivity index (χ1v) is 7.48. The van der Waals surface area contributed by atoms with Gasteiger partial charge in [0.25, 0.3) is 0 Å². The van der Waals surface area contributed by atoms with Gasteiger partial charge in [-0.25, -0.2) is 0 Å². The van der Waals surface area contributed by atoms with E-state index in [2.05, 4.69) is 17.2 Å². The SMILES string of the molecule is CCCC(C(=O)NC(C)c1ccccn1)c1ccccc1. The van der Waals surface area contributed by atoms with Gasteiger partial charge in [0, 0.05) is 6.20 Å². The van der Waals surface area contributed by atoms with E-state index in [0.29, 0.717) is 0 Å². The molecule has 0 fully saturated rings. The van der Waals surface area contributed by atoms with Crippen LogP contribution in [0.4, 0.5) is 0 Å². The van der Waals surface area contributed by atoms with Crippen molar-refractivity contribution < 1.29 is 4.79 Å². The summed E-state index contributed by atoms with van der Waals surface area (Å²) in [5, 5.41) is 3.08. The van der Waals surface area contributed by atoms with E-state index in [1.165, 1.54) is 0 Å². The molecule has 3 nitrogen and oxygen atoms in total. The molecule has 0 aliphatic rings. The summed E-state index contributed by atoms with van der Waals surface area (Å²) in [5.41, 5.74) is 1.96. The molecule has 21 heavy (non-hydrogen) atoms. The summed E-state index contributed by atoms with van der Waals surface area (Å²) in [6.45, 7) is 4.07. The van der Waals surface area contributed by atoms with E-state index < -0.39 is 0 Å². The van der Waals surface area contributed by atoms with Crippen LogP contribution in [0.3, 0.4) is 0 Å². The second-order valence-corrected chi connectivity index (χ2v) is 5.24. The minimum absolute atomic E-state index is 0.0706. The third-order valence-electron chi connectivity index (χ3n) is 3.59. The van der Waals surface area contributed by atoms with Crippen LogP contribution in [0, 0.1) is 0 Å². The largest absolute Gasteiger partial charge is 0.347 e. The van der Waals surface area contributed by atoms with Crippen molar-refractivity contribution in [2.45, 2.75) is 38.6 Å². The first kappa shape index (κ1) is 15.2. The summed E-state index contributed by atoms with van der Waals surface area (Å²) in [4.78, 5) is 16.9. The molecule has 0 spiro atoms. The molecule has 2 unspecified atom stereocenters. The third-order valence-corrected chi connectivity index (χ3v) is 3.59. The van der Waals surface area contributed by atoms with Gasteiger partial charge in [-0.3, -0.25) is 9.78 Å². The molecule has 2 aromatic rings. The topological polar surface area (TPSA) is 42.0 Å². The predicted molar refractivity (Wildman–Crippen MR) is 84.9 cm³/mol. The molecule has 2 atom stereocenters. The first-order chi connectivity index (χ1) is 10.2. The molecule has 3 heteroatoms. The minimum atomic E-state index is -0.0950. The van der Waals surface area contributed by atoms with Crippen molar-refractivity contribution in [1.29, 1.82) is 0 Å². The van der Waals surface area contributed by atoms with Gasteiger partial charge in [-0.2, -0.15) is 0 Å². The average molecular weight is 282 g/mol. The Morgan fingerprint density at radius 1 is 1.14 bits per heavy atom. The highest BCUT2D eigenvalue weighted by atomic mass is 16.1. The Morgan fingerprint density at radius 3 is 2.48 bits per heavy atom. The monoisotopic (exact) mass is 282 g/mol. The molecule has 0 radical (unpaired) electrons. The molecule has 0 bridgehead atoms. The quantitative estimate of drug-likeness (QED) is 0.874. The molecular weight excluding hydrogens is 260 g/mol. The fourth-order valence-corrected chi connectivity index (χ4v) is 2.44. The van der Waals surface area contributed by atoms with Crippen LogP contribution in [-0.2, 0) is 4.79 Å². The van der Waals surface area contributed by atoms with Crippen LogP contribution >= 0.6 is 0 Å². The highest BCUT2D eigenvalue weighted by Crippen LogP contribution is 2.22. The molecule has 1 aromatic heterocycles. The van der Waals surface area contributed by atoms with Gasteiger partial charge in [0.2, 0.25) is 5.91 Å². The van der Waals surface area contributed by atoms with Gasteiger partial charge >= 0.3 is 0 Å². The van der Waals surface area contributed by atoms with E-state index in [9.17, 15) is 4.79 Å². The number of amides is 1. The van der Waals surface area contributed by atoms with Crippen LogP contribution in [0.5, 0.6) is 0 Å². The predicted octanol–water partition coefficient (Wildman–Crippen LogP) is 3.84. The van der Waals surface area contributed by atoms with Gasteiger partial charge in [-0.05, 0) is 31.0 Å². The van der Waals surface area contributed by atoms with Gasteiger partial charge in [-0.1, -0.05) is 49.7 Å². The molecular formula is C18H22N2O. The number of nitrogens with zero attached hydrogens (tertiary/aromatic N) is 1. The standard InChI is InChI=1S/C18H22N2O/c1-3-9-16(15-10-5-4-6-11-15)18(21)20-14(2)17-12-7-8-13-19-17/h4-8,10-14,16H,3,9H2,1-2H3,(H,20,21). The molecule has 0 saturated carbocycles. The van der Waals surface area contributed by atoms with E-state index in [4.69, 9.17) is 0 Å². The molecule has 110 valence electrons. The maximum absolute atomic E-state index is 12.6. The zero-order valence-corrected chi connectivity index (χ0v) is 12.6. The van der Waals surface area contributed by atoms with Crippen LogP contribution < -0.4 is 5.32 Å². The van der Waals surface area contributed by atoms with Crippen LogP contribution in [0.2, 0.25) is 0 Å². The average Bonchev–Trinajstić information content (AvgIpc) is 2.54. The Labute approximate surface area is 126 Å². The lowest BCUT2D eigenvalue weighted by Gasteiger charge is -2.20. The van der Waals surface area contributed by atoms with Gasteiger partial charge < -0.3 is 5.32 Å². The minimum Gasteiger partial charge on any atom is -0.347 e. The van der Waals surface area contributed by atoms with E-state index in [0.717, 1.165) is 24.1 Å². The van der Waals surface area contributed by atoms with E-state index in [-0.39, 0.29) is 17.9 Å². The Kier molecular flexibility index (Phi) is 5.50. The molecule has 2 rings (SSSR count). The number of carbonyl (C=O) groups excluding carboxylic acids is 1. The van der Waals surface area contributed by atoms with Crippen LogP contribution in [-0.4, -0.2) is 10.9 Å². The Bertz CT molecular complexity index is 554. The summed E-state index contributed by atoms with van der Waals surface area (Å²) in [5.74, 6) is -0.0245. The van der Waals surface area contributed by atoms with E-state index in [1.54, 1.807) is 6.20 Å². The molecule has 0 aliphatic carbocycles. The number of nitrogens with one attached hydrogen (secondary N) is 1. The number of pyridine rings is 1. The van der Waals surface area contributed by atoms with E-state index in [1.807, 2.05) is 55.5 Å². The number of carbonyl (C=O) groups is 1. The van der Waals surface area contributed by atoms with Crippen molar-refractivity contribution >= 4 is 5.91 Å². The fourth-order valence-electron chi connectivity index (χ4n) is 2.44. The number of hydrogen-bond acceptors (Lipinski definition) is 2. The molecule has 0 aliphatic heterocycles. The van der Waals surface area contributed by atoms with Crippen molar-refractivity contribution in [2.24, 2.45) is 0 Å². The summed E-state index contributed by atoms with van der Waals surface area (Å²) in [6.07, 6.45) is 3.58. The van der Waals surface area contributed by atoms with Crippen molar-refractivity contribution in [2.75, 3.05) is 0 Å². The van der Waals surface area contributed by atoms with Crippen molar-refractivity contribution in [3.63, 3.8) is 0 Å². The zero-order valence-electron chi connectivity index (χ0n) is 12.6. The lowest BCUT2D eigenvalue weighted by atomic mass is 9.93. The van der Waals surface area contributed by atoms with Crippen LogP contribution in [0.15, 0.2) is 54.7 Å². The second kappa shape index (κ2) is 7.58. The normalized spacial score (nSPS) is 13.4. The number of benzene rings is 1. The van der Waals surface area contributed by atoms with Gasteiger partial charge in [0.05, 0.1) is 17.7 Å². The van der Waals surface area contributed by atoms with Crippen molar-refractivity contribution in [3.05, 3.63) is 66.0 Å². The number of rotatable bonds is 6. The summed E-state index contributed by atoms with van der Waals surface area (Å²) >= 11 is 0. The van der Waals surface area contributed by atoms with Crippen LogP contribution in [0.25, 0.3) is 0 Å². The molecule has 1 heterocycles. The number of hydrogen-bond donors (Lipinski definition) is 1. The zero-order chi connectivity index (χ0) is 15.1. The van der Waals surface area contributed by atoms with Crippen molar-refractivity contribution in [3.8, 4) is 0 Å². The summed E-state index contributed by atoms with van der Waals surface area (Å²) < 4.78 is 0. The van der Waals surface area contributed by atoms with Crippen molar-refractivity contribution in [1.82, 2.24) is 10.3 Å². The molecule has 1 N–H and O–H groups in total. The maximum atomic E-state index is 12.6. The van der Waals surface area contributed by atoms with Gasteiger partial charge in [0.1, 0.15) is 0 Å². The first-order valence-electron chi connectivity index (χ1n) is 7.48. The Hall–Kier alpha value is -2.16. The highest BCUT2D eigenvalue weighted by Gasteiger charge is 2.21. The maximum Gasteiger partial charge on any atom is 0.228 e. The molecule has 1 amide bonds. The second-order valence-electron chi connectivity index (χ2n) is 5.24. The molecule has 1 aromatic carbocycles. The third kappa shape index (κ3) is 4.15. The highest BCUT2D eigenvalue weighted by molar-refractivity contribution is 5.83.